The average Bonchev–Trinajstić information content (AvgIpc) is 2.76. The first-order chi connectivity index (χ1) is 18.7. The predicted molar refractivity (Wildman–Crippen MR) is 213 cm³/mol. The van der Waals surface area contributed by atoms with E-state index in [-0.39, 0.29) is 21.6 Å². The molecule has 220 valence electrons. The van der Waals surface area contributed by atoms with Gasteiger partial charge in [0.2, 0.25) is 0 Å². The van der Waals surface area contributed by atoms with E-state index in [2.05, 4.69) is 19.6 Å². The lowest BCUT2D eigenvalue weighted by Gasteiger charge is -2.12. The minimum Gasteiger partial charge on any atom is -0.320 e. The smallest absolute Gasteiger partial charge is 0.158 e. The minimum atomic E-state index is -2.87. The highest BCUT2D eigenvalue weighted by molar-refractivity contribution is 7.71. The molecule has 0 N–H and O–H groups in total. The molecule has 6 nitrogen and oxygen atoms in total. The van der Waals surface area contributed by atoms with Gasteiger partial charge in [-0.15, -0.1) is 0 Å². The van der Waals surface area contributed by atoms with E-state index >= 15 is 0 Å². The first-order valence-corrected chi connectivity index (χ1v) is 30.3. The molecule has 0 fully saturated rings. The third kappa shape index (κ3) is 44.2. The van der Waals surface area contributed by atoms with Gasteiger partial charge in [0.1, 0.15) is 18.9 Å². The number of carbonyl (C=O) groups is 6. The summed E-state index contributed by atoms with van der Waals surface area (Å²) >= 11 is 0. The summed E-state index contributed by atoms with van der Waals surface area (Å²) in [5.41, 5.74) is 0. The van der Waals surface area contributed by atoms with Gasteiger partial charge in [-0.25, -0.2) is 0 Å². The summed E-state index contributed by atoms with van der Waals surface area (Å²) in [5.74, 6) is 0. The SMILES string of the molecule is CC(=O)[Si](C)(C)C.[B]C(=O)[Si]([B])([B])C.[B][Si](C)(C)C(=O)CC.[B][Si]([B])(C)C(=O)CC.[B][Si]([B])(C)C(C)=O.[B][Si]([B])([B])C(C)=O. The largest absolute Gasteiger partial charge is 0.320 e. The Balaban J connectivity index is -0.0000000986. The lowest BCUT2D eigenvalue weighted by molar-refractivity contribution is -0.112. The lowest BCUT2D eigenvalue weighted by atomic mass is 10.2. The molecule has 0 aliphatic rings. The second-order valence-electron chi connectivity index (χ2n) is 12.3. The highest BCUT2D eigenvalue weighted by Gasteiger charge is 2.21. The van der Waals surface area contributed by atoms with Crippen LogP contribution >= 0.6 is 0 Å². The molecule has 0 saturated carbocycles. The van der Waals surface area contributed by atoms with E-state index in [9.17, 15) is 28.8 Å². The van der Waals surface area contributed by atoms with Crippen molar-refractivity contribution in [1.82, 2.24) is 0 Å². The van der Waals surface area contributed by atoms with E-state index < -0.39 is 52.4 Å². The zero-order valence-electron chi connectivity index (χ0n) is 29.2. The second-order valence-corrected chi connectivity index (χ2v) is 33.6. The Morgan fingerprint density at radius 2 is 0.659 bits per heavy atom. The van der Waals surface area contributed by atoms with Crippen LogP contribution in [0.1, 0.15) is 47.5 Å². The van der Waals surface area contributed by atoms with Gasteiger partial charge in [0.15, 0.2) is 7.85 Å². The molecule has 0 atom stereocenters. The van der Waals surface area contributed by atoms with Gasteiger partial charge in [0, 0.05) is 58.7 Å². The van der Waals surface area contributed by atoms with E-state index in [4.69, 9.17) is 82.2 Å². The van der Waals surface area contributed by atoms with Gasteiger partial charge in [-0.05, 0) is 33.6 Å². The Morgan fingerprint density at radius 1 is 0.455 bits per heavy atom. The summed E-state index contributed by atoms with van der Waals surface area (Å²) in [7, 11) is 43.3. The number of carbonyl (C=O) groups excluding carboxylic acids is 6. The molecule has 0 saturated heterocycles. The maximum Gasteiger partial charge on any atom is 0.158 e. The standard InChI is InChI=1S/C5H11BOSi.C5H12OSi.C4H8B2OSi.C3H6B2OSi.2C2H3B3OSi/c1-4-5(7)8(2,3)6;1-5(6)7(2,3)4;1-3-4(7)8(2,5)6;1-3(6)7(2,4)5;1-7(4,5)2(3)6;1-2(6)7(3,4)5/h4H2,1-3H3;1-4H3;3H2,1-2H3;1-2H3;2*1H3. The van der Waals surface area contributed by atoms with Gasteiger partial charge in [0.25, 0.3) is 0 Å². The van der Waals surface area contributed by atoms with Crippen LogP contribution in [-0.4, -0.2) is 162 Å². The molecule has 0 bridgehead atoms. The van der Waals surface area contributed by atoms with Gasteiger partial charge >= 0.3 is 0 Å². The van der Waals surface area contributed by atoms with Crippen LogP contribution in [0.15, 0.2) is 0 Å². The molecule has 44 heavy (non-hydrogen) atoms. The molecule has 0 spiro atoms. The molecule has 22 radical (unpaired) electrons. The third-order valence-corrected chi connectivity index (χ3v) is 14.2. The number of hydrogen-bond donors (Lipinski definition) is 0. The van der Waals surface area contributed by atoms with Crippen molar-refractivity contribution < 1.29 is 28.8 Å². The van der Waals surface area contributed by atoms with E-state index in [0.29, 0.717) is 18.2 Å². The van der Waals surface area contributed by atoms with Crippen LogP contribution in [0.25, 0.3) is 0 Å². The van der Waals surface area contributed by atoms with Crippen LogP contribution in [-0.2, 0) is 24.0 Å². The molecule has 0 amide bonds. The molecule has 0 heterocycles. The molecule has 0 unspecified atom stereocenters. The third-order valence-electron chi connectivity index (χ3n) is 4.92. The van der Waals surface area contributed by atoms with Crippen molar-refractivity contribution in [1.29, 1.82) is 0 Å². The van der Waals surface area contributed by atoms with E-state index in [1.165, 1.54) is 20.4 Å². The Kier molecular flexibility index (Phi) is 31.0. The van der Waals surface area contributed by atoms with Crippen LogP contribution in [0.2, 0.25) is 52.4 Å². The summed E-state index contributed by atoms with van der Waals surface area (Å²) in [6.07, 6.45) is 1.06. The molecular weight excluding hydrogens is 636 g/mol. The van der Waals surface area contributed by atoms with Crippen LogP contribution in [0.3, 0.4) is 0 Å². The van der Waals surface area contributed by atoms with Crippen LogP contribution in [0.5, 0.6) is 0 Å². The first kappa shape index (κ1) is 56.4. The average molecular weight is 679 g/mol. The number of rotatable bonds is 8. The van der Waals surface area contributed by atoms with Gasteiger partial charge in [-0.3, -0.25) is 0 Å². The van der Waals surface area contributed by atoms with Crippen molar-refractivity contribution in [3.63, 3.8) is 0 Å². The molecule has 0 rings (SSSR count). The van der Waals surface area contributed by atoms with E-state index in [0.717, 1.165) is 0 Å². The summed E-state index contributed by atoms with van der Waals surface area (Å²) in [4.78, 5) is 62.4. The number of hydrogen-bond acceptors (Lipinski definition) is 6. The van der Waals surface area contributed by atoms with Crippen molar-refractivity contribution in [2.75, 3.05) is 0 Å². The van der Waals surface area contributed by atoms with Crippen molar-refractivity contribution in [3.8, 4) is 0 Å². The molecule has 0 aromatic carbocycles. The highest BCUT2D eigenvalue weighted by atomic mass is 28.3. The van der Waals surface area contributed by atoms with Crippen molar-refractivity contribution in [3.05, 3.63) is 0 Å². The van der Waals surface area contributed by atoms with Gasteiger partial charge < -0.3 is 28.8 Å². The highest BCUT2D eigenvalue weighted by Crippen LogP contribution is 2.00. The Bertz CT molecular complexity index is 795. The summed E-state index contributed by atoms with van der Waals surface area (Å²) in [6, 6.07) is 0. The van der Waals surface area contributed by atoms with Crippen molar-refractivity contribution in [2.45, 2.75) is 99.8 Å². The van der Waals surface area contributed by atoms with Crippen LogP contribution in [0, 0.1) is 0 Å². The normalized spacial score (nSPS) is 11.2. The van der Waals surface area contributed by atoms with Gasteiger partial charge in [-0.2, -0.15) is 0 Å². The lowest BCUT2D eigenvalue weighted by Crippen LogP contribution is -2.46. The fraction of sp³-hybridized carbons (Fsp3) is 0.714. The zero-order chi connectivity index (χ0) is 37.9. The van der Waals surface area contributed by atoms with Crippen LogP contribution < -0.4 is 0 Å². The second kappa shape index (κ2) is 24.2. The molecular formula is C21H43B11O6Si6. The van der Waals surface area contributed by atoms with E-state index in [1.807, 2.05) is 20.0 Å². The molecule has 0 aliphatic heterocycles. The first-order valence-electron chi connectivity index (χ1n) is 13.5. The zero-order valence-corrected chi connectivity index (χ0v) is 35.2. The molecule has 0 aliphatic carbocycles. The molecule has 23 heteroatoms. The van der Waals surface area contributed by atoms with Crippen molar-refractivity contribution >= 4 is 162 Å². The van der Waals surface area contributed by atoms with Gasteiger partial charge in [-0.1, -0.05) is 66.2 Å². The van der Waals surface area contributed by atoms with E-state index in [1.54, 1.807) is 26.9 Å². The maximum absolute atomic E-state index is 10.8. The molecule has 0 aromatic heterocycles. The summed E-state index contributed by atoms with van der Waals surface area (Å²) in [5, 5.41) is -0.255. The van der Waals surface area contributed by atoms with Crippen molar-refractivity contribution in [2.24, 2.45) is 0 Å². The summed E-state index contributed by atoms with van der Waals surface area (Å²) < 4.78 is 0. The molecule has 0 aromatic rings. The Morgan fingerprint density at radius 3 is 0.659 bits per heavy atom. The minimum absolute atomic E-state index is 0.0255. The quantitative estimate of drug-likeness (QED) is 0.324. The van der Waals surface area contributed by atoms with Gasteiger partial charge in [0.05, 0.1) is 76.2 Å². The Hall–Kier alpha value is 0.0356. The maximum atomic E-state index is 10.8. The van der Waals surface area contributed by atoms with Crippen LogP contribution in [0.4, 0.5) is 4.79 Å². The monoisotopic (exact) mass is 680 g/mol. The topological polar surface area (TPSA) is 102 Å². The summed E-state index contributed by atoms with van der Waals surface area (Å²) in [6.45, 7) is 22.6. The fourth-order valence-electron chi connectivity index (χ4n) is 0.837. The predicted octanol–water partition coefficient (Wildman–Crippen LogP) is -0.407. The fourth-order valence-corrected chi connectivity index (χ4v) is 2.51. The Labute approximate surface area is 288 Å².